The zero-order chi connectivity index (χ0) is 11.9. The van der Waals surface area contributed by atoms with E-state index in [2.05, 4.69) is 15.6 Å². The van der Waals surface area contributed by atoms with E-state index >= 15 is 0 Å². The summed E-state index contributed by atoms with van der Waals surface area (Å²) in [5, 5.41) is 6.27. The Kier molecular flexibility index (Phi) is 4.50. The van der Waals surface area contributed by atoms with Crippen molar-refractivity contribution in [2.75, 3.05) is 13.1 Å². The third-order valence-electron chi connectivity index (χ3n) is 2.79. The molecule has 1 saturated carbocycles. The van der Waals surface area contributed by atoms with Crippen molar-refractivity contribution in [2.45, 2.75) is 31.7 Å². The summed E-state index contributed by atoms with van der Waals surface area (Å²) in [5.41, 5.74) is 0.971. The lowest BCUT2D eigenvalue weighted by Crippen LogP contribution is -2.32. The van der Waals surface area contributed by atoms with Crippen LogP contribution in [0.5, 0.6) is 0 Å². The summed E-state index contributed by atoms with van der Waals surface area (Å²) in [6, 6.07) is 6.48. The maximum absolute atomic E-state index is 11.5. The summed E-state index contributed by atoms with van der Waals surface area (Å²) >= 11 is 0. The number of aryl methyl sites for hydroxylation is 1. The standard InChI is InChI=1S/C13H19N3O/c17-13(16-10-9-15-12-4-5-12)7-6-11-3-1-2-8-14-11/h1-3,8,12,15H,4-7,9-10H2,(H,16,17). The molecule has 1 aliphatic rings. The summed E-state index contributed by atoms with van der Waals surface area (Å²) < 4.78 is 0. The molecule has 0 aliphatic heterocycles. The second-order valence-corrected chi connectivity index (χ2v) is 4.40. The van der Waals surface area contributed by atoms with Crippen LogP contribution < -0.4 is 10.6 Å². The van der Waals surface area contributed by atoms with Gasteiger partial charge in [-0.2, -0.15) is 0 Å². The Balaban J connectivity index is 1.54. The molecular weight excluding hydrogens is 214 g/mol. The van der Waals surface area contributed by atoms with Crippen LogP contribution in [0.4, 0.5) is 0 Å². The van der Waals surface area contributed by atoms with Gasteiger partial charge in [-0.15, -0.1) is 0 Å². The Hall–Kier alpha value is -1.42. The van der Waals surface area contributed by atoms with Crippen molar-refractivity contribution in [1.29, 1.82) is 0 Å². The van der Waals surface area contributed by atoms with E-state index in [0.717, 1.165) is 18.8 Å². The zero-order valence-corrected chi connectivity index (χ0v) is 9.98. The van der Waals surface area contributed by atoms with Gasteiger partial charge in [0.15, 0.2) is 0 Å². The van der Waals surface area contributed by atoms with Gasteiger partial charge in [0.1, 0.15) is 0 Å². The summed E-state index contributed by atoms with van der Waals surface area (Å²) in [6.07, 6.45) is 5.55. The Bertz CT molecular complexity index is 349. The number of amides is 1. The molecule has 4 heteroatoms. The molecule has 0 aromatic carbocycles. The fourth-order valence-corrected chi connectivity index (χ4v) is 1.64. The van der Waals surface area contributed by atoms with Gasteiger partial charge in [-0.1, -0.05) is 6.07 Å². The van der Waals surface area contributed by atoms with Gasteiger partial charge in [-0.3, -0.25) is 9.78 Å². The fraction of sp³-hybridized carbons (Fsp3) is 0.538. The number of rotatable bonds is 7. The highest BCUT2D eigenvalue weighted by Crippen LogP contribution is 2.17. The van der Waals surface area contributed by atoms with E-state index in [9.17, 15) is 4.79 Å². The lowest BCUT2D eigenvalue weighted by Gasteiger charge is -2.05. The van der Waals surface area contributed by atoms with Gasteiger partial charge in [-0.25, -0.2) is 0 Å². The van der Waals surface area contributed by atoms with Crippen LogP contribution in [-0.2, 0) is 11.2 Å². The SMILES string of the molecule is O=C(CCc1ccccn1)NCCNC1CC1. The summed E-state index contributed by atoms with van der Waals surface area (Å²) in [4.78, 5) is 15.7. The van der Waals surface area contributed by atoms with Gasteiger partial charge in [0, 0.05) is 37.4 Å². The molecule has 2 rings (SSSR count). The van der Waals surface area contributed by atoms with Crippen molar-refractivity contribution >= 4 is 5.91 Å². The van der Waals surface area contributed by atoms with Crippen molar-refractivity contribution in [2.24, 2.45) is 0 Å². The highest BCUT2D eigenvalue weighted by Gasteiger charge is 2.19. The quantitative estimate of drug-likeness (QED) is 0.687. The molecule has 0 spiro atoms. The zero-order valence-electron chi connectivity index (χ0n) is 9.98. The van der Waals surface area contributed by atoms with Crippen molar-refractivity contribution in [3.8, 4) is 0 Å². The first kappa shape index (κ1) is 12.0. The molecule has 0 unspecified atom stereocenters. The summed E-state index contributed by atoms with van der Waals surface area (Å²) in [7, 11) is 0. The molecule has 0 saturated heterocycles. The predicted molar refractivity (Wildman–Crippen MR) is 66.6 cm³/mol. The van der Waals surface area contributed by atoms with Crippen LogP contribution in [0.15, 0.2) is 24.4 Å². The number of carbonyl (C=O) groups is 1. The molecule has 0 atom stereocenters. The molecule has 17 heavy (non-hydrogen) atoms. The minimum Gasteiger partial charge on any atom is -0.355 e. The molecule has 2 N–H and O–H groups in total. The van der Waals surface area contributed by atoms with Gasteiger partial charge in [0.05, 0.1) is 0 Å². The number of hydrogen-bond acceptors (Lipinski definition) is 3. The lowest BCUT2D eigenvalue weighted by molar-refractivity contribution is -0.121. The van der Waals surface area contributed by atoms with Gasteiger partial charge in [0.2, 0.25) is 5.91 Å². The Morgan fingerprint density at radius 3 is 2.94 bits per heavy atom. The molecular formula is C13H19N3O. The van der Waals surface area contributed by atoms with Crippen LogP contribution in [0.1, 0.15) is 25.0 Å². The third-order valence-corrected chi connectivity index (χ3v) is 2.79. The van der Waals surface area contributed by atoms with Crippen LogP contribution >= 0.6 is 0 Å². The van der Waals surface area contributed by atoms with Gasteiger partial charge < -0.3 is 10.6 Å². The van der Waals surface area contributed by atoms with E-state index in [1.165, 1.54) is 12.8 Å². The largest absolute Gasteiger partial charge is 0.355 e. The summed E-state index contributed by atoms with van der Waals surface area (Å²) in [6.45, 7) is 1.59. The fourth-order valence-electron chi connectivity index (χ4n) is 1.64. The smallest absolute Gasteiger partial charge is 0.220 e. The molecule has 0 bridgehead atoms. The van der Waals surface area contributed by atoms with Gasteiger partial charge in [0.25, 0.3) is 0 Å². The topological polar surface area (TPSA) is 54.0 Å². The van der Waals surface area contributed by atoms with E-state index in [1.807, 2.05) is 18.2 Å². The molecule has 1 fully saturated rings. The van der Waals surface area contributed by atoms with Crippen LogP contribution in [0.2, 0.25) is 0 Å². The lowest BCUT2D eigenvalue weighted by atomic mass is 10.2. The molecule has 1 aromatic heterocycles. The highest BCUT2D eigenvalue weighted by atomic mass is 16.1. The molecule has 1 amide bonds. The first-order chi connectivity index (χ1) is 8.34. The Morgan fingerprint density at radius 2 is 2.24 bits per heavy atom. The van der Waals surface area contributed by atoms with Crippen LogP contribution in [0, 0.1) is 0 Å². The monoisotopic (exact) mass is 233 g/mol. The van der Waals surface area contributed by atoms with Crippen molar-refractivity contribution in [3.05, 3.63) is 30.1 Å². The Morgan fingerprint density at radius 1 is 1.35 bits per heavy atom. The van der Waals surface area contributed by atoms with E-state index in [4.69, 9.17) is 0 Å². The minimum atomic E-state index is 0.105. The second kappa shape index (κ2) is 6.35. The Labute approximate surface area is 102 Å². The molecule has 1 heterocycles. The molecule has 92 valence electrons. The summed E-state index contributed by atoms with van der Waals surface area (Å²) in [5.74, 6) is 0.105. The maximum atomic E-state index is 11.5. The van der Waals surface area contributed by atoms with E-state index < -0.39 is 0 Å². The number of aromatic nitrogens is 1. The van der Waals surface area contributed by atoms with E-state index in [-0.39, 0.29) is 5.91 Å². The molecule has 0 radical (unpaired) electrons. The van der Waals surface area contributed by atoms with E-state index in [1.54, 1.807) is 6.20 Å². The highest BCUT2D eigenvalue weighted by molar-refractivity contribution is 5.76. The number of pyridine rings is 1. The van der Waals surface area contributed by atoms with E-state index in [0.29, 0.717) is 18.9 Å². The molecule has 1 aromatic rings. The van der Waals surface area contributed by atoms with Gasteiger partial charge >= 0.3 is 0 Å². The average molecular weight is 233 g/mol. The minimum absolute atomic E-state index is 0.105. The van der Waals surface area contributed by atoms with Crippen molar-refractivity contribution in [1.82, 2.24) is 15.6 Å². The van der Waals surface area contributed by atoms with Crippen molar-refractivity contribution in [3.63, 3.8) is 0 Å². The number of nitrogens with one attached hydrogen (secondary N) is 2. The molecule has 4 nitrogen and oxygen atoms in total. The number of carbonyl (C=O) groups excluding carboxylic acids is 1. The number of hydrogen-bond donors (Lipinski definition) is 2. The van der Waals surface area contributed by atoms with Crippen molar-refractivity contribution < 1.29 is 4.79 Å². The van der Waals surface area contributed by atoms with Crippen LogP contribution in [0.25, 0.3) is 0 Å². The number of nitrogens with zero attached hydrogens (tertiary/aromatic N) is 1. The average Bonchev–Trinajstić information content (AvgIpc) is 3.17. The second-order valence-electron chi connectivity index (χ2n) is 4.40. The first-order valence-electron chi connectivity index (χ1n) is 6.24. The normalized spacial score (nSPS) is 14.6. The molecule has 1 aliphatic carbocycles. The van der Waals surface area contributed by atoms with Crippen LogP contribution in [-0.4, -0.2) is 30.0 Å². The van der Waals surface area contributed by atoms with Gasteiger partial charge in [-0.05, 0) is 31.4 Å². The predicted octanol–water partition coefficient (Wildman–Crippen LogP) is 0.882. The van der Waals surface area contributed by atoms with Crippen LogP contribution in [0.3, 0.4) is 0 Å². The third kappa shape index (κ3) is 4.95. The maximum Gasteiger partial charge on any atom is 0.220 e. The first-order valence-corrected chi connectivity index (χ1v) is 6.24.